The van der Waals surface area contributed by atoms with E-state index in [9.17, 15) is 5.11 Å². The van der Waals surface area contributed by atoms with E-state index in [2.05, 4.69) is 23.3 Å². The van der Waals surface area contributed by atoms with Gasteiger partial charge in [-0.25, -0.2) is 0 Å². The lowest BCUT2D eigenvalue weighted by molar-refractivity contribution is 0.475. The minimum Gasteiger partial charge on any atom is -0.506 e. The quantitative estimate of drug-likeness (QED) is 0.576. The molecule has 0 saturated carbocycles. The van der Waals surface area contributed by atoms with Gasteiger partial charge in [0.25, 0.3) is 0 Å². The van der Waals surface area contributed by atoms with Crippen LogP contribution in [0.1, 0.15) is 17.9 Å². The Balaban J connectivity index is 1.68. The third kappa shape index (κ3) is 2.90. The highest BCUT2D eigenvalue weighted by atomic mass is 35.5. The Hall–Kier alpha value is -2.36. The summed E-state index contributed by atoms with van der Waals surface area (Å²) in [6, 6.07) is 11.0. The average Bonchev–Trinajstić information content (AvgIpc) is 2.94. The summed E-state index contributed by atoms with van der Waals surface area (Å²) in [6.45, 7) is 3.96. The summed E-state index contributed by atoms with van der Waals surface area (Å²) in [5, 5.41) is 17.5. The monoisotopic (exact) mass is 370 g/mol. The Bertz CT molecular complexity index is 947. The normalized spacial score (nSPS) is 18.2. The molecule has 1 atom stereocenters. The van der Waals surface area contributed by atoms with E-state index in [0.29, 0.717) is 5.02 Å². The maximum absolute atomic E-state index is 9.57. The molecule has 1 heterocycles. The summed E-state index contributed by atoms with van der Waals surface area (Å²) in [7, 11) is 0. The first-order valence-corrected chi connectivity index (χ1v) is 8.70. The molecule has 1 unspecified atom stereocenters. The smallest absolute Gasteiger partial charge is 0.134 e. The number of halogens is 2. The highest BCUT2D eigenvalue weighted by Crippen LogP contribution is 2.46. The third-order valence-corrected chi connectivity index (χ3v) is 5.12. The van der Waals surface area contributed by atoms with Gasteiger partial charge in [0.1, 0.15) is 5.75 Å². The number of allylic oxidation sites excluding steroid dienone is 4. The van der Waals surface area contributed by atoms with E-state index < -0.39 is 0 Å². The maximum Gasteiger partial charge on any atom is 0.134 e. The minimum absolute atomic E-state index is 0.0667. The molecule has 2 aliphatic rings. The van der Waals surface area contributed by atoms with Crippen molar-refractivity contribution in [3.05, 3.63) is 87.7 Å². The lowest BCUT2D eigenvalue weighted by Crippen LogP contribution is -2.12. The molecule has 2 aromatic carbocycles. The Morgan fingerprint density at radius 3 is 2.80 bits per heavy atom. The molecule has 25 heavy (non-hydrogen) atoms. The maximum atomic E-state index is 9.57. The second kappa shape index (κ2) is 6.17. The summed E-state index contributed by atoms with van der Waals surface area (Å²) in [4.78, 5) is 0. The van der Waals surface area contributed by atoms with Gasteiger partial charge in [-0.3, -0.25) is 0 Å². The van der Waals surface area contributed by atoms with Crippen LogP contribution in [0.25, 0.3) is 0 Å². The number of nitrogens with one attached hydrogen (secondary N) is 2. The van der Waals surface area contributed by atoms with Gasteiger partial charge in [0.05, 0.1) is 5.02 Å². The van der Waals surface area contributed by atoms with Crippen molar-refractivity contribution in [1.82, 2.24) is 0 Å². The Morgan fingerprint density at radius 1 is 1.20 bits per heavy atom. The number of hydrogen-bond donors (Lipinski definition) is 3. The van der Waals surface area contributed by atoms with Crippen LogP contribution in [0.2, 0.25) is 10.0 Å². The molecular formula is C20H16Cl2N2O. The molecule has 1 aliphatic carbocycles. The molecule has 0 fully saturated rings. The molecule has 0 aromatic heterocycles. The summed E-state index contributed by atoms with van der Waals surface area (Å²) >= 11 is 12.2. The summed E-state index contributed by atoms with van der Waals surface area (Å²) in [6.07, 6.45) is 4.81. The van der Waals surface area contributed by atoms with E-state index in [-0.39, 0.29) is 11.7 Å². The SMILES string of the molecule is C=CC1=C(Nc2ccc(O)c(Cl)c2)C=C2Nc3ccc(Cl)cc3C2C1. The summed E-state index contributed by atoms with van der Waals surface area (Å²) in [5.41, 5.74) is 6.34. The molecule has 0 bridgehead atoms. The van der Waals surface area contributed by atoms with Gasteiger partial charge in [-0.15, -0.1) is 0 Å². The molecule has 0 spiro atoms. The van der Waals surface area contributed by atoms with Crippen LogP contribution in [0.4, 0.5) is 11.4 Å². The van der Waals surface area contributed by atoms with Crippen LogP contribution in [0.5, 0.6) is 5.75 Å². The molecule has 3 N–H and O–H groups in total. The van der Waals surface area contributed by atoms with Gasteiger partial charge >= 0.3 is 0 Å². The third-order valence-electron chi connectivity index (χ3n) is 4.59. The lowest BCUT2D eigenvalue weighted by atomic mass is 9.86. The van der Waals surface area contributed by atoms with Crippen LogP contribution in [-0.2, 0) is 0 Å². The summed E-state index contributed by atoms with van der Waals surface area (Å²) in [5.74, 6) is 0.327. The second-order valence-electron chi connectivity index (χ2n) is 6.15. The summed E-state index contributed by atoms with van der Waals surface area (Å²) < 4.78 is 0. The van der Waals surface area contributed by atoms with Crippen LogP contribution < -0.4 is 10.6 Å². The predicted molar refractivity (Wildman–Crippen MR) is 104 cm³/mol. The molecule has 0 radical (unpaired) electrons. The predicted octanol–water partition coefficient (Wildman–Crippen LogP) is 6.05. The standard InChI is InChI=1S/C20H16Cl2N2O/c1-2-11-7-14-15-8-12(21)3-5-17(15)24-19(14)10-18(11)23-13-4-6-20(25)16(22)9-13/h2-6,8-10,14,23-25H,1,7H2. The van der Waals surface area contributed by atoms with Gasteiger partial charge in [-0.05, 0) is 60.0 Å². The number of fused-ring (bicyclic) bond motifs is 3. The number of phenols is 1. The molecule has 1 aliphatic heterocycles. The van der Waals surface area contributed by atoms with Crippen molar-refractivity contribution in [2.45, 2.75) is 12.3 Å². The molecule has 126 valence electrons. The van der Waals surface area contributed by atoms with Crippen molar-refractivity contribution in [1.29, 1.82) is 0 Å². The molecule has 5 heteroatoms. The van der Waals surface area contributed by atoms with Gasteiger partial charge < -0.3 is 15.7 Å². The van der Waals surface area contributed by atoms with Crippen LogP contribution in [0, 0.1) is 0 Å². The highest BCUT2D eigenvalue weighted by Gasteiger charge is 2.31. The molecule has 3 nitrogen and oxygen atoms in total. The molecule has 0 amide bonds. The largest absolute Gasteiger partial charge is 0.506 e. The Labute approximate surface area is 156 Å². The fourth-order valence-electron chi connectivity index (χ4n) is 3.33. The molecule has 4 rings (SSSR count). The Morgan fingerprint density at radius 2 is 2.04 bits per heavy atom. The zero-order chi connectivity index (χ0) is 17.6. The van der Waals surface area contributed by atoms with E-state index >= 15 is 0 Å². The van der Waals surface area contributed by atoms with Crippen molar-refractivity contribution in [2.75, 3.05) is 10.6 Å². The number of anilines is 2. The zero-order valence-corrected chi connectivity index (χ0v) is 14.8. The van der Waals surface area contributed by atoms with E-state index in [1.54, 1.807) is 18.2 Å². The van der Waals surface area contributed by atoms with E-state index in [4.69, 9.17) is 23.2 Å². The van der Waals surface area contributed by atoms with Gasteiger partial charge in [0.15, 0.2) is 0 Å². The number of phenolic OH excluding ortho intramolecular Hbond substituents is 1. The number of rotatable bonds is 3. The number of aromatic hydroxyl groups is 1. The van der Waals surface area contributed by atoms with E-state index in [0.717, 1.165) is 39.8 Å². The van der Waals surface area contributed by atoms with Crippen LogP contribution in [0.15, 0.2) is 72.1 Å². The van der Waals surface area contributed by atoms with Crippen LogP contribution in [-0.4, -0.2) is 5.11 Å². The lowest BCUT2D eigenvalue weighted by Gasteiger charge is -2.23. The van der Waals surface area contributed by atoms with Crippen LogP contribution >= 0.6 is 23.2 Å². The fraction of sp³-hybridized carbons (Fsp3) is 0.100. The number of hydrogen-bond acceptors (Lipinski definition) is 3. The van der Waals surface area contributed by atoms with Gasteiger partial charge in [0, 0.05) is 33.7 Å². The first-order chi connectivity index (χ1) is 12.0. The molecule has 0 saturated heterocycles. The van der Waals surface area contributed by atoms with Gasteiger partial charge in [0.2, 0.25) is 0 Å². The fourth-order valence-corrected chi connectivity index (χ4v) is 3.69. The van der Waals surface area contributed by atoms with Gasteiger partial charge in [-0.2, -0.15) is 0 Å². The van der Waals surface area contributed by atoms with E-state index in [1.807, 2.05) is 24.3 Å². The van der Waals surface area contributed by atoms with Crippen molar-refractivity contribution in [2.24, 2.45) is 0 Å². The highest BCUT2D eigenvalue weighted by molar-refractivity contribution is 6.32. The van der Waals surface area contributed by atoms with Crippen LogP contribution in [0.3, 0.4) is 0 Å². The topological polar surface area (TPSA) is 44.3 Å². The van der Waals surface area contributed by atoms with Crippen molar-refractivity contribution in [3.63, 3.8) is 0 Å². The first kappa shape index (κ1) is 16.1. The average molecular weight is 371 g/mol. The minimum atomic E-state index is 0.0667. The second-order valence-corrected chi connectivity index (χ2v) is 6.99. The van der Waals surface area contributed by atoms with Crippen molar-refractivity contribution < 1.29 is 5.11 Å². The first-order valence-electron chi connectivity index (χ1n) is 7.94. The van der Waals surface area contributed by atoms with Crippen molar-refractivity contribution >= 4 is 34.6 Å². The molecule has 2 aromatic rings. The Kier molecular flexibility index (Phi) is 3.98. The molecular weight excluding hydrogens is 355 g/mol. The van der Waals surface area contributed by atoms with Gasteiger partial charge in [-0.1, -0.05) is 35.9 Å². The van der Waals surface area contributed by atoms with E-state index in [1.165, 1.54) is 5.56 Å². The zero-order valence-electron chi connectivity index (χ0n) is 13.3. The number of benzene rings is 2. The van der Waals surface area contributed by atoms with Crippen molar-refractivity contribution in [3.8, 4) is 5.75 Å².